The monoisotopic (exact) mass is 479 g/mol. The van der Waals surface area contributed by atoms with E-state index in [9.17, 15) is 38.0 Å². The molecule has 1 N–H and O–H groups in total. The standard InChI is InChI=1S/C21H16F3N3O7/c1-3-34-20(30)12-4-6-13(7-5-12)26-19(29)14(18(25-26)21(22,23)24)8-11-9-15(27(31)32)17(28)16(10-11)33-2/h4-10,28H,3H2,1-2H3. The molecule has 1 heterocycles. The number of esters is 1. The topological polar surface area (TPSA) is 132 Å². The third-order valence-corrected chi connectivity index (χ3v) is 4.57. The lowest BCUT2D eigenvalue weighted by molar-refractivity contribution is -0.386. The highest BCUT2D eigenvalue weighted by molar-refractivity contribution is 6.34. The van der Waals surface area contributed by atoms with E-state index in [0.717, 1.165) is 25.3 Å². The number of carbonyl (C=O) groups excluding carboxylic acids is 2. The summed E-state index contributed by atoms with van der Waals surface area (Å²) >= 11 is 0. The molecule has 2 aromatic rings. The molecule has 0 unspecified atom stereocenters. The first-order chi connectivity index (χ1) is 16.0. The summed E-state index contributed by atoms with van der Waals surface area (Å²) in [6.07, 6.45) is -4.27. The van der Waals surface area contributed by atoms with Gasteiger partial charge in [0.1, 0.15) is 0 Å². The largest absolute Gasteiger partial charge is 0.500 e. The molecule has 1 aliphatic rings. The Hall–Kier alpha value is -4.42. The molecule has 0 atom stereocenters. The molecule has 0 radical (unpaired) electrons. The summed E-state index contributed by atoms with van der Waals surface area (Å²) in [5.41, 5.74) is -3.38. The van der Waals surface area contributed by atoms with Crippen molar-refractivity contribution in [1.29, 1.82) is 0 Å². The van der Waals surface area contributed by atoms with Gasteiger partial charge in [-0.1, -0.05) is 0 Å². The number of nitro benzene ring substituents is 1. The summed E-state index contributed by atoms with van der Waals surface area (Å²) in [6.45, 7) is 1.73. The van der Waals surface area contributed by atoms with Crippen molar-refractivity contribution in [3.8, 4) is 11.5 Å². The maximum atomic E-state index is 13.7. The Bertz CT molecular complexity index is 1220. The Morgan fingerprint density at radius 3 is 2.44 bits per heavy atom. The predicted molar refractivity (Wildman–Crippen MR) is 113 cm³/mol. The molecule has 10 nitrogen and oxygen atoms in total. The van der Waals surface area contributed by atoms with Crippen molar-refractivity contribution in [3.63, 3.8) is 0 Å². The van der Waals surface area contributed by atoms with Crippen LogP contribution < -0.4 is 9.75 Å². The molecule has 1 aliphatic heterocycles. The van der Waals surface area contributed by atoms with Gasteiger partial charge in [0.15, 0.2) is 11.5 Å². The summed E-state index contributed by atoms with van der Waals surface area (Å²) in [5.74, 6) is -3.00. The highest BCUT2D eigenvalue weighted by Crippen LogP contribution is 2.39. The fourth-order valence-corrected chi connectivity index (χ4v) is 3.04. The number of phenolic OH excluding ortho intramolecular Hbond substituents is 1. The highest BCUT2D eigenvalue weighted by atomic mass is 19.4. The van der Waals surface area contributed by atoms with E-state index in [1.54, 1.807) is 6.92 Å². The number of methoxy groups -OCH3 is 1. The normalized spacial score (nSPS) is 14.9. The Balaban J connectivity index is 2.06. The van der Waals surface area contributed by atoms with Crippen LogP contribution in [0.5, 0.6) is 11.5 Å². The number of alkyl halides is 3. The number of rotatable bonds is 6. The van der Waals surface area contributed by atoms with Gasteiger partial charge in [-0.15, -0.1) is 0 Å². The van der Waals surface area contributed by atoms with Crippen LogP contribution in [-0.4, -0.2) is 47.5 Å². The SMILES string of the molecule is CCOC(=O)c1ccc(N2N=C(C(F)(F)F)C(=Cc3cc(OC)c(O)c([N+](=O)[O-])c3)C2=O)cc1. The van der Waals surface area contributed by atoms with Crippen LogP contribution >= 0.6 is 0 Å². The quantitative estimate of drug-likeness (QED) is 0.288. The summed E-state index contributed by atoms with van der Waals surface area (Å²) in [7, 11) is 1.10. The van der Waals surface area contributed by atoms with Crippen LogP contribution in [0.25, 0.3) is 6.08 Å². The molecular weight excluding hydrogens is 463 g/mol. The average Bonchev–Trinajstić information content (AvgIpc) is 3.11. The van der Waals surface area contributed by atoms with Gasteiger partial charge in [-0.2, -0.15) is 23.3 Å². The fourth-order valence-electron chi connectivity index (χ4n) is 3.04. The van der Waals surface area contributed by atoms with Crippen LogP contribution in [0.15, 0.2) is 47.1 Å². The van der Waals surface area contributed by atoms with Crippen molar-refractivity contribution in [2.75, 3.05) is 18.7 Å². The zero-order chi connectivity index (χ0) is 25.2. The number of anilines is 1. The van der Waals surface area contributed by atoms with Crippen LogP contribution in [0.4, 0.5) is 24.5 Å². The molecule has 0 saturated heterocycles. The van der Waals surface area contributed by atoms with E-state index in [1.807, 2.05) is 0 Å². The minimum atomic E-state index is -5.03. The molecule has 34 heavy (non-hydrogen) atoms. The first kappa shape index (κ1) is 24.2. The third-order valence-electron chi connectivity index (χ3n) is 4.57. The van der Waals surface area contributed by atoms with Crippen molar-refractivity contribution in [2.45, 2.75) is 13.1 Å². The maximum Gasteiger partial charge on any atom is 0.435 e. The van der Waals surface area contributed by atoms with Crippen LogP contribution in [-0.2, 0) is 9.53 Å². The number of hydrazone groups is 1. The molecule has 3 rings (SSSR count). The van der Waals surface area contributed by atoms with Crippen LogP contribution in [0.1, 0.15) is 22.8 Å². The van der Waals surface area contributed by atoms with E-state index in [2.05, 4.69) is 5.10 Å². The Morgan fingerprint density at radius 1 is 1.26 bits per heavy atom. The first-order valence-corrected chi connectivity index (χ1v) is 9.52. The zero-order valence-electron chi connectivity index (χ0n) is 17.6. The van der Waals surface area contributed by atoms with Gasteiger partial charge in [0.25, 0.3) is 5.91 Å². The molecule has 0 aromatic heterocycles. The van der Waals surface area contributed by atoms with Crippen LogP contribution in [0.2, 0.25) is 0 Å². The Morgan fingerprint density at radius 2 is 1.91 bits per heavy atom. The number of ether oxygens (including phenoxy) is 2. The molecular formula is C21H16F3N3O7. The van der Waals surface area contributed by atoms with Gasteiger partial charge < -0.3 is 14.6 Å². The summed E-state index contributed by atoms with van der Waals surface area (Å²) in [4.78, 5) is 34.9. The number of halogens is 3. The second-order valence-electron chi connectivity index (χ2n) is 6.74. The molecule has 1 amide bonds. The average molecular weight is 479 g/mol. The van der Waals surface area contributed by atoms with Crippen molar-refractivity contribution < 1.29 is 42.3 Å². The third kappa shape index (κ3) is 4.67. The summed E-state index contributed by atoms with van der Waals surface area (Å²) in [5, 5.41) is 24.9. The molecule has 0 bridgehead atoms. The van der Waals surface area contributed by atoms with Crippen molar-refractivity contribution in [1.82, 2.24) is 0 Å². The van der Waals surface area contributed by atoms with Crippen molar-refractivity contribution >= 4 is 35.0 Å². The van der Waals surface area contributed by atoms with E-state index in [1.165, 1.54) is 24.3 Å². The van der Waals surface area contributed by atoms with Gasteiger partial charge in [0, 0.05) is 6.07 Å². The second-order valence-corrected chi connectivity index (χ2v) is 6.74. The number of benzene rings is 2. The van der Waals surface area contributed by atoms with E-state index in [-0.39, 0.29) is 29.2 Å². The number of hydrogen-bond acceptors (Lipinski definition) is 8. The van der Waals surface area contributed by atoms with Crippen LogP contribution in [0, 0.1) is 10.1 Å². The molecule has 0 fully saturated rings. The lowest BCUT2D eigenvalue weighted by Crippen LogP contribution is -2.25. The lowest BCUT2D eigenvalue weighted by atomic mass is 10.0. The molecule has 178 valence electrons. The first-order valence-electron chi connectivity index (χ1n) is 9.52. The number of hydrogen-bond donors (Lipinski definition) is 1. The number of nitrogens with zero attached hydrogens (tertiary/aromatic N) is 3. The highest BCUT2D eigenvalue weighted by Gasteiger charge is 2.47. The number of aromatic hydroxyl groups is 1. The van der Waals surface area contributed by atoms with E-state index >= 15 is 0 Å². The van der Waals surface area contributed by atoms with E-state index < -0.39 is 45.7 Å². The molecule has 0 spiro atoms. The number of carbonyl (C=O) groups is 2. The molecule has 13 heteroatoms. The van der Waals surface area contributed by atoms with Gasteiger partial charge >= 0.3 is 17.8 Å². The minimum Gasteiger partial charge on any atom is -0.500 e. The summed E-state index contributed by atoms with van der Waals surface area (Å²) in [6, 6.07) is 6.80. The minimum absolute atomic E-state index is 0.0579. The molecule has 2 aromatic carbocycles. The second kappa shape index (κ2) is 9.21. The fraction of sp³-hybridized carbons (Fsp3) is 0.190. The maximum absolute atomic E-state index is 13.7. The molecule has 0 aliphatic carbocycles. The number of amides is 1. The van der Waals surface area contributed by atoms with Gasteiger partial charge in [0.05, 0.1) is 35.5 Å². The van der Waals surface area contributed by atoms with Crippen LogP contribution in [0.3, 0.4) is 0 Å². The van der Waals surface area contributed by atoms with Gasteiger partial charge in [-0.3, -0.25) is 14.9 Å². The Labute approximate surface area is 189 Å². The van der Waals surface area contributed by atoms with Gasteiger partial charge in [0.2, 0.25) is 5.75 Å². The molecule has 0 saturated carbocycles. The van der Waals surface area contributed by atoms with E-state index in [4.69, 9.17) is 9.47 Å². The van der Waals surface area contributed by atoms with E-state index in [0.29, 0.717) is 5.01 Å². The lowest BCUT2D eigenvalue weighted by Gasteiger charge is -2.12. The Kier molecular flexibility index (Phi) is 6.56. The predicted octanol–water partition coefficient (Wildman–Crippen LogP) is 3.83. The zero-order valence-corrected chi connectivity index (χ0v) is 17.6. The van der Waals surface area contributed by atoms with Gasteiger partial charge in [-0.25, -0.2) is 4.79 Å². The smallest absolute Gasteiger partial charge is 0.435 e. The van der Waals surface area contributed by atoms with Crippen molar-refractivity contribution in [2.24, 2.45) is 5.10 Å². The van der Waals surface area contributed by atoms with Gasteiger partial charge in [-0.05, 0) is 48.9 Å². The van der Waals surface area contributed by atoms with Crippen molar-refractivity contribution in [3.05, 3.63) is 63.2 Å². The summed E-state index contributed by atoms with van der Waals surface area (Å²) < 4.78 is 50.7. The number of phenols is 1. The number of nitro groups is 1.